The molecule has 7 heteroatoms. The average molecular weight is 394 g/mol. The van der Waals surface area contributed by atoms with Crippen LogP contribution in [0, 0.1) is 17.0 Å². The number of methoxy groups -OCH3 is 1. The van der Waals surface area contributed by atoms with Crippen LogP contribution < -0.4 is 10.2 Å². The van der Waals surface area contributed by atoms with Crippen LogP contribution in [-0.4, -0.2) is 30.0 Å². The standard InChI is InChI=1S/C22H22N2O5/c1-14-20(25)17-9-10-19(28-2)18(13-23-11-3-4-12-23)22(17)29-21(14)15-5-7-16(8-6-15)24(26)27/h5-10H,3-4,11-13H2,1-2H3. The Morgan fingerprint density at radius 3 is 2.45 bits per heavy atom. The third kappa shape index (κ3) is 3.49. The molecule has 2 heterocycles. The van der Waals surface area contributed by atoms with Crippen LogP contribution in [0.1, 0.15) is 24.0 Å². The fourth-order valence-electron chi connectivity index (χ4n) is 3.90. The molecule has 1 aliphatic heterocycles. The van der Waals surface area contributed by atoms with E-state index in [9.17, 15) is 14.9 Å². The highest BCUT2D eigenvalue weighted by molar-refractivity contribution is 5.85. The number of hydrogen-bond donors (Lipinski definition) is 0. The summed E-state index contributed by atoms with van der Waals surface area (Å²) in [6, 6.07) is 9.59. The molecule has 1 saturated heterocycles. The molecule has 0 amide bonds. The first-order valence-corrected chi connectivity index (χ1v) is 9.60. The monoisotopic (exact) mass is 394 g/mol. The molecular weight excluding hydrogens is 372 g/mol. The van der Waals surface area contributed by atoms with Crippen LogP contribution in [-0.2, 0) is 6.54 Å². The number of fused-ring (bicyclic) bond motifs is 1. The van der Waals surface area contributed by atoms with Crippen molar-refractivity contribution in [1.29, 1.82) is 0 Å². The Morgan fingerprint density at radius 1 is 1.14 bits per heavy atom. The third-order valence-electron chi connectivity index (χ3n) is 5.49. The number of ether oxygens (including phenoxy) is 1. The van der Waals surface area contributed by atoms with Gasteiger partial charge in [-0.25, -0.2) is 0 Å². The van der Waals surface area contributed by atoms with Gasteiger partial charge in [0.05, 0.1) is 23.0 Å². The molecule has 0 saturated carbocycles. The van der Waals surface area contributed by atoms with Crippen molar-refractivity contribution in [3.05, 3.63) is 67.9 Å². The number of hydrogen-bond acceptors (Lipinski definition) is 6. The Bertz CT molecular complexity index is 1130. The Hall–Kier alpha value is -3.19. The lowest BCUT2D eigenvalue weighted by molar-refractivity contribution is -0.384. The van der Waals surface area contributed by atoms with Crippen molar-refractivity contribution in [2.24, 2.45) is 0 Å². The Morgan fingerprint density at radius 2 is 1.83 bits per heavy atom. The van der Waals surface area contributed by atoms with E-state index in [0.29, 0.717) is 40.2 Å². The van der Waals surface area contributed by atoms with Gasteiger partial charge in [-0.15, -0.1) is 0 Å². The van der Waals surface area contributed by atoms with Crippen LogP contribution in [0.2, 0.25) is 0 Å². The zero-order valence-corrected chi connectivity index (χ0v) is 16.4. The quantitative estimate of drug-likeness (QED) is 0.474. The molecule has 7 nitrogen and oxygen atoms in total. The van der Waals surface area contributed by atoms with Crippen LogP contribution >= 0.6 is 0 Å². The van der Waals surface area contributed by atoms with Gasteiger partial charge in [0.25, 0.3) is 5.69 Å². The van der Waals surface area contributed by atoms with Gasteiger partial charge in [0.15, 0.2) is 5.43 Å². The maximum absolute atomic E-state index is 13.1. The molecule has 0 N–H and O–H groups in total. The van der Waals surface area contributed by atoms with E-state index in [2.05, 4.69) is 4.90 Å². The zero-order valence-electron chi connectivity index (χ0n) is 16.4. The number of benzene rings is 2. The highest BCUT2D eigenvalue weighted by Crippen LogP contribution is 2.33. The lowest BCUT2D eigenvalue weighted by Gasteiger charge is -2.19. The van der Waals surface area contributed by atoms with Gasteiger partial charge in [-0.05, 0) is 57.1 Å². The second-order valence-corrected chi connectivity index (χ2v) is 7.30. The minimum absolute atomic E-state index is 0.00840. The first kappa shape index (κ1) is 19.1. The van der Waals surface area contributed by atoms with Gasteiger partial charge in [-0.3, -0.25) is 19.8 Å². The summed E-state index contributed by atoms with van der Waals surface area (Å²) >= 11 is 0. The fourth-order valence-corrected chi connectivity index (χ4v) is 3.90. The molecule has 0 spiro atoms. The predicted molar refractivity (Wildman–Crippen MR) is 110 cm³/mol. The molecule has 3 aromatic rings. The summed E-state index contributed by atoms with van der Waals surface area (Å²) in [5, 5.41) is 11.5. The van der Waals surface area contributed by atoms with Crippen molar-refractivity contribution in [3.8, 4) is 17.1 Å². The van der Waals surface area contributed by atoms with E-state index in [4.69, 9.17) is 9.15 Å². The first-order chi connectivity index (χ1) is 14.0. The summed E-state index contributed by atoms with van der Waals surface area (Å²) in [6.45, 7) is 4.37. The number of non-ortho nitro benzene ring substituents is 1. The molecule has 0 unspecified atom stereocenters. The van der Waals surface area contributed by atoms with Gasteiger partial charge in [-0.2, -0.15) is 0 Å². The fraction of sp³-hybridized carbons (Fsp3) is 0.318. The number of likely N-dealkylation sites (tertiary alicyclic amines) is 1. The summed E-state index contributed by atoms with van der Waals surface area (Å²) in [5.74, 6) is 1.11. The number of rotatable bonds is 5. The SMILES string of the molecule is COc1ccc2c(=O)c(C)c(-c3ccc([N+](=O)[O-])cc3)oc2c1CN1CCCC1. The van der Waals surface area contributed by atoms with Crippen molar-refractivity contribution in [2.75, 3.05) is 20.2 Å². The summed E-state index contributed by atoms with van der Waals surface area (Å²) in [4.78, 5) is 25.9. The van der Waals surface area contributed by atoms with Gasteiger partial charge in [0.1, 0.15) is 17.1 Å². The predicted octanol–water partition coefficient (Wildman–Crippen LogP) is 4.28. The summed E-state index contributed by atoms with van der Waals surface area (Å²) in [7, 11) is 1.61. The largest absolute Gasteiger partial charge is 0.496 e. The Labute approximate surface area is 167 Å². The molecule has 150 valence electrons. The van der Waals surface area contributed by atoms with Gasteiger partial charge < -0.3 is 9.15 Å². The van der Waals surface area contributed by atoms with Crippen LogP contribution in [0.5, 0.6) is 5.75 Å². The molecule has 0 aliphatic carbocycles. The Balaban J connectivity index is 1.90. The maximum Gasteiger partial charge on any atom is 0.269 e. The van der Waals surface area contributed by atoms with Crippen molar-refractivity contribution in [3.63, 3.8) is 0 Å². The molecule has 0 bridgehead atoms. The molecule has 1 fully saturated rings. The highest BCUT2D eigenvalue weighted by Gasteiger charge is 2.21. The summed E-state index contributed by atoms with van der Waals surface area (Å²) in [6.07, 6.45) is 2.31. The molecule has 29 heavy (non-hydrogen) atoms. The van der Waals surface area contributed by atoms with Crippen molar-refractivity contribution in [1.82, 2.24) is 4.90 Å². The van der Waals surface area contributed by atoms with E-state index < -0.39 is 4.92 Å². The van der Waals surface area contributed by atoms with Gasteiger partial charge in [0, 0.05) is 29.8 Å². The third-order valence-corrected chi connectivity index (χ3v) is 5.49. The van der Waals surface area contributed by atoms with Crippen LogP contribution in [0.15, 0.2) is 45.6 Å². The molecule has 1 aliphatic rings. The van der Waals surface area contributed by atoms with E-state index in [1.165, 1.54) is 12.1 Å². The summed E-state index contributed by atoms with van der Waals surface area (Å²) in [5.41, 5.74) is 2.36. The normalized spacial score (nSPS) is 14.4. The van der Waals surface area contributed by atoms with E-state index in [-0.39, 0.29) is 11.1 Å². The van der Waals surface area contributed by atoms with E-state index in [0.717, 1.165) is 31.5 Å². The average Bonchev–Trinajstić information content (AvgIpc) is 3.24. The zero-order chi connectivity index (χ0) is 20.5. The first-order valence-electron chi connectivity index (χ1n) is 9.60. The highest BCUT2D eigenvalue weighted by atomic mass is 16.6. The van der Waals surface area contributed by atoms with Crippen LogP contribution in [0.4, 0.5) is 5.69 Å². The van der Waals surface area contributed by atoms with E-state index >= 15 is 0 Å². The van der Waals surface area contributed by atoms with E-state index in [1.54, 1.807) is 32.2 Å². The molecule has 1 aromatic heterocycles. The number of nitrogens with zero attached hydrogens (tertiary/aromatic N) is 2. The van der Waals surface area contributed by atoms with Crippen molar-refractivity contribution < 1.29 is 14.1 Å². The van der Waals surface area contributed by atoms with Crippen molar-refractivity contribution >= 4 is 16.7 Å². The summed E-state index contributed by atoms with van der Waals surface area (Å²) < 4.78 is 11.8. The smallest absolute Gasteiger partial charge is 0.269 e. The van der Waals surface area contributed by atoms with Crippen LogP contribution in [0.3, 0.4) is 0 Å². The molecule has 0 atom stereocenters. The molecular formula is C22H22N2O5. The lowest BCUT2D eigenvalue weighted by Crippen LogP contribution is -2.19. The number of nitro benzene ring substituents is 1. The van der Waals surface area contributed by atoms with Gasteiger partial charge in [-0.1, -0.05) is 0 Å². The van der Waals surface area contributed by atoms with Crippen molar-refractivity contribution in [2.45, 2.75) is 26.3 Å². The van der Waals surface area contributed by atoms with Gasteiger partial charge in [0.2, 0.25) is 0 Å². The minimum Gasteiger partial charge on any atom is -0.496 e. The molecule has 0 radical (unpaired) electrons. The second-order valence-electron chi connectivity index (χ2n) is 7.30. The number of nitro groups is 1. The van der Waals surface area contributed by atoms with E-state index in [1.807, 2.05) is 6.07 Å². The minimum atomic E-state index is -0.452. The van der Waals surface area contributed by atoms with Crippen LogP contribution in [0.25, 0.3) is 22.3 Å². The lowest BCUT2D eigenvalue weighted by atomic mass is 10.0. The van der Waals surface area contributed by atoms with Gasteiger partial charge >= 0.3 is 0 Å². The molecule has 4 rings (SSSR count). The second kappa shape index (κ2) is 7.67. The topological polar surface area (TPSA) is 85.8 Å². The molecule has 2 aromatic carbocycles. The Kier molecular flexibility index (Phi) is 5.07. The maximum atomic E-state index is 13.1.